The fourth-order valence-corrected chi connectivity index (χ4v) is 1.30. The minimum absolute atomic E-state index is 0.168. The smallest absolute Gasteiger partial charge is 0.223 e. The van der Waals surface area contributed by atoms with Crippen molar-refractivity contribution >= 4 is 17.9 Å². The summed E-state index contributed by atoms with van der Waals surface area (Å²) in [5.74, 6) is 0.504. The van der Waals surface area contributed by atoms with Crippen LogP contribution in [0.2, 0.25) is 5.28 Å². The van der Waals surface area contributed by atoms with E-state index in [0.717, 1.165) is 18.5 Å². The molecule has 0 spiro atoms. The van der Waals surface area contributed by atoms with E-state index in [-0.39, 0.29) is 5.28 Å². The van der Waals surface area contributed by atoms with Crippen molar-refractivity contribution in [2.45, 2.75) is 18.8 Å². The molecule has 1 aliphatic carbocycles. The predicted octanol–water partition coefficient (Wildman–Crippen LogP) is 1.82. The zero-order valence-corrected chi connectivity index (χ0v) is 7.08. The summed E-state index contributed by atoms with van der Waals surface area (Å²) in [6.07, 6.45) is 2.98. The van der Waals surface area contributed by atoms with Crippen molar-refractivity contribution in [3.63, 3.8) is 0 Å². The predicted molar refractivity (Wildman–Crippen MR) is 44.4 cm³/mol. The standard InChI is InChI=1S/C8H7ClN2O/c9-8-10-6(4-12)3-7(11-8)5-1-2-5/h3-5H,1-2H2. The first-order valence-corrected chi connectivity index (χ1v) is 4.17. The number of carbonyl (C=O) groups is 1. The van der Waals surface area contributed by atoms with E-state index in [1.165, 1.54) is 0 Å². The Morgan fingerprint density at radius 2 is 2.25 bits per heavy atom. The van der Waals surface area contributed by atoms with Gasteiger partial charge in [-0.2, -0.15) is 0 Å². The van der Waals surface area contributed by atoms with Crippen LogP contribution >= 0.6 is 11.6 Å². The lowest BCUT2D eigenvalue weighted by atomic mass is 10.2. The first-order chi connectivity index (χ1) is 5.79. The molecule has 1 fully saturated rings. The summed E-state index contributed by atoms with van der Waals surface area (Å²) in [4.78, 5) is 18.2. The van der Waals surface area contributed by atoms with Gasteiger partial charge in [0, 0.05) is 11.6 Å². The van der Waals surface area contributed by atoms with E-state index in [1.54, 1.807) is 6.07 Å². The number of aldehydes is 1. The van der Waals surface area contributed by atoms with Crippen LogP contribution in [0.15, 0.2) is 6.07 Å². The van der Waals surface area contributed by atoms with Crippen molar-refractivity contribution in [2.75, 3.05) is 0 Å². The number of nitrogens with zero attached hydrogens (tertiary/aromatic N) is 2. The average Bonchev–Trinajstić information content (AvgIpc) is 2.85. The molecule has 0 saturated heterocycles. The summed E-state index contributed by atoms with van der Waals surface area (Å²) < 4.78 is 0. The number of carbonyl (C=O) groups excluding carboxylic acids is 1. The van der Waals surface area contributed by atoms with Gasteiger partial charge in [-0.15, -0.1) is 0 Å². The number of hydrogen-bond donors (Lipinski definition) is 0. The summed E-state index contributed by atoms with van der Waals surface area (Å²) in [6.45, 7) is 0. The van der Waals surface area contributed by atoms with E-state index < -0.39 is 0 Å². The van der Waals surface area contributed by atoms with Crippen molar-refractivity contribution in [3.05, 3.63) is 22.7 Å². The van der Waals surface area contributed by atoms with Crippen molar-refractivity contribution < 1.29 is 4.79 Å². The Hall–Kier alpha value is -0.960. The van der Waals surface area contributed by atoms with E-state index in [1.807, 2.05) is 0 Å². The van der Waals surface area contributed by atoms with Crippen LogP contribution in [0.25, 0.3) is 0 Å². The molecule has 1 aromatic heterocycles. The molecular weight excluding hydrogens is 176 g/mol. The third kappa shape index (κ3) is 1.46. The lowest BCUT2D eigenvalue weighted by Gasteiger charge is -1.97. The van der Waals surface area contributed by atoms with E-state index in [2.05, 4.69) is 9.97 Å². The lowest BCUT2D eigenvalue weighted by molar-refractivity contribution is 0.111. The first-order valence-electron chi connectivity index (χ1n) is 3.79. The monoisotopic (exact) mass is 182 g/mol. The molecular formula is C8H7ClN2O. The van der Waals surface area contributed by atoms with Gasteiger partial charge in [-0.3, -0.25) is 4.79 Å². The highest BCUT2D eigenvalue weighted by Gasteiger charge is 2.25. The van der Waals surface area contributed by atoms with E-state index in [9.17, 15) is 4.79 Å². The fourth-order valence-electron chi connectivity index (χ4n) is 1.10. The van der Waals surface area contributed by atoms with Gasteiger partial charge in [0.15, 0.2) is 6.29 Å². The van der Waals surface area contributed by atoms with Crippen LogP contribution in [0.4, 0.5) is 0 Å². The topological polar surface area (TPSA) is 42.9 Å². The molecule has 4 heteroatoms. The van der Waals surface area contributed by atoms with E-state index in [0.29, 0.717) is 17.9 Å². The lowest BCUT2D eigenvalue weighted by Crippen LogP contribution is -1.95. The Labute approximate surface area is 74.8 Å². The summed E-state index contributed by atoms with van der Waals surface area (Å²) >= 11 is 5.62. The zero-order valence-electron chi connectivity index (χ0n) is 6.33. The molecule has 1 saturated carbocycles. The molecule has 0 radical (unpaired) electrons. The van der Waals surface area contributed by atoms with Gasteiger partial charge < -0.3 is 0 Å². The normalized spacial score (nSPS) is 16.1. The molecule has 1 heterocycles. The molecule has 0 aromatic carbocycles. The Morgan fingerprint density at radius 1 is 1.50 bits per heavy atom. The Kier molecular flexibility index (Phi) is 1.81. The van der Waals surface area contributed by atoms with Gasteiger partial charge in [0.2, 0.25) is 5.28 Å². The second kappa shape index (κ2) is 2.83. The number of hydrogen-bond acceptors (Lipinski definition) is 3. The Bertz CT molecular complexity index is 323. The van der Waals surface area contributed by atoms with Crippen LogP contribution in [-0.4, -0.2) is 16.3 Å². The third-order valence-electron chi connectivity index (χ3n) is 1.85. The van der Waals surface area contributed by atoms with Gasteiger partial charge >= 0.3 is 0 Å². The van der Waals surface area contributed by atoms with Gasteiger partial charge in [0.1, 0.15) is 5.69 Å². The summed E-state index contributed by atoms with van der Waals surface area (Å²) in [5.41, 5.74) is 1.27. The molecule has 0 bridgehead atoms. The molecule has 62 valence electrons. The van der Waals surface area contributed by atoms with Crippen LogP contribution < -0.4 is 0 Å². The van der Waals surface area contributed by atoms with E-state index in [4.69, 9.17) is 11.6 Å². The van der Waals surface area contributed by atoms with Gasteiger partial charge in [0.25, 0.3) is 0 Å². The highest BCUT2D eigenvalue weighted by Crippen LogP contribution is 2.39. The quantitative estimate of drug-likeness (QED) is 0.518. The van der Waals surface area contributed by atoms with Crippen molar-refractivity contribution in [1.82, 2.24) is 9.97 Å². The number of halogens is 1. The van der Waals surface area contributed by atoms with Crippen LogP contribution in [-0.2, 0) is 0 Å². The second-order valence-corrected chi connectivity index (χ2v) is 3.22. The summed E-state index contributed by atoms with van der Waals surface area (Å²) in [6, 6.07) is 1.70. The first kappa shape index (κ1) is 7.68. The van der Waals surface area contributed by atoms with Gasteiger partial charge in [-0.1, -0.05) is 0 Å². The molecule has 0 atom stereocenters. The minimum Gasteiger partial charge on any atom is -0.296 e. The van der Waals surface area contributed by atoms with Crippen LogP contribution in [0.3, 0.4) is 0 Å². The molecule has 0 aliphatic heterocycles. The molecule has 0 unspecified atom stereocenters. The molecule has 3 nitrogen and oxygen atoms in total. The Balaban J connectivity index is 2.40. The van der Waals surface area contributed by atoms with Crippen molar-refractivity contribution in [1.29, 1.82) is 0 Å². The largest absolute Gasteiger partial charge is 0.296 e. The average molecular weight is 183 g/mol. The van der Waals surface area contributed by atoms with Crippen LogP contribution in [0, 0.1) is 0 Å². The minimum atomic E-state index is 0.168. The van der Waals surface area contributed by atoms with Crippen molar-refractivity contribution in [3.8, 4) is 0 Å². The SMILES string of the molecule is O=Cc1cc(C2CC2)nc(Cl)n1. The number of aromatic nitrogens is 2. The summed E-state index contributed by atoms with van der Waals surface area (Å²) in [7, 11) is 0. The maximum atomic E-state index is 10.4. The second-order valence-electron chi connectivity index (χ2n) is 2.88. The van der Waals surface area contributed by atoms with Gasteiger partial charge in [-0.25, -0.2) is 9.97 Å². The van der Waals surface area contributed by atoms with Crippen molar-refractivity contribution in [2.24, 2.45) is 0 Å². The maximum absolute atomic E-state index is 10.4. The summed E-state index contributed by atoms with van der Waals surface area (Å²) in [5, 5.41) is 0.168. The Morgan fingerprint density at radius 3 is 2.83 bits per heavy atom. The molecule has 1 aliphatic rings. The highest BCUT2D eigenvalue weighted by atomic mass is 35.5. The molecule has 1 aromatic rings. The molecule has 0 amide bonds. The highest BCUT2D eigenvalue weighted by molar-refractivity contribution is 6.28. The molecule has 0 N–H and O–H groups in total. The van der Waals surface area contributed by atoms with Gasteiger partial charge in [0.05, 0.1) is 0 Å². The molecule has 2 rings (SSSR count). The maximum Gasteiger partial charge on any atom is 0.223 e. The number of rotatable bonds is 2. The molecule has 12 heavy (non-hydrogen) atoms. The zero-order chi connectivity index (χ0) is 8.55. The van der Waals surface area contributed by atoms with E-state index >= 15 is 0 Å². The van der Waals surface area contributed by atoms with Crippen LogP contribution in [0.1, 0.15) is 34.9 Å². The fraction of sp³-hybridized carbons (Fsp3) is 0.375. The third-order valence-corrected chi connectivity index (χ3v) is 2.02. The van der Waals surface area contributed by atoms with Crippen LogP contribution in [0.5, 0.6) is 0 Å². The van der Waals surface area contributed by atoms with Gasteiger partial charge in [-0.05, 0) is 30.5 Å².